The van der Waals surface area contributed by atoms with Crippen molar-refractivity contribution in [1.82, 2.24) is 25.1 Å². The number of nitrogens with zero attached hydrogens (tertiary/aromatic N) is 5. The third-order valence-corrected chi connectivity index (χ3v) is 6.68. The minimum absolute atomic E-state index is 0.00630. The lowest BCUT2D eigenvalue weighted by molar-refractivity contribution is -0.121. The molecule has 1 fully saturated rings. The number of esters is 1. The standard InChI is InChI=1S/C24H26N6O4/c1-15-19(5-6-20-21(15)13-34-24(20)33)22(31)12-29-9-7-16(8-10-29)23(32)26-17-3-2-4-18(11-17)30-14-25-27-28-30/h2-6,11,14,16,22,31H,7-10,12-13H2,1H3,(H,26,32). The summed E-state index contributed by atoms with van der Waals surface area (Å²) in [4.78, 5) is 26.8. The van der Waals surface area contributed by atoms with Crippen LogP contribution in [0.15, 0.2) is 42.7 Å². The molecule has 5 rings (SSSR count). The highest BCUT2D eigenvalue weighted by atomic mass is 16.5. The number of likely N-dealkylation sites (tertiary alicyclic amines) is 1. The number of benzene rings is 2. The molecule has 3 aromatic rings. The highest BCUT2D eigenvalue weighted by Crippen LogP contribution is 2.30. The third kappa shape index (κ3) is 4.42. The zero-order valence-corrected chi connectivity index (χ0v) is 18.8. The second-order valence-corrected chi connectivity index (χ2v) is 8.77. The summed E-state index contributed by atoms with van der Waals surface area (Å²) in [6.07, 6.45) is 2.27. The van der Waals surface area contributed by atoms with Crippen LogP contribution in [0.25, 0.3) is 5.69 Å². The molecule has 0 spiro atoms. The molecular weight excluding hydrogens is 436 g/mol. The molecule has 0 bridgehead atoms. The van der Waals surface area contributed by atoms with Crippen LogP contribution in [-0.4, -0.2) is 61.7 Å². The number of aliphatic hydroxyl groups excluding tert-OH is 1. The molecule has 10 nitrogen and oxygen atoms in total. The molecule has 176 valence electrons. The van der Waals surface area contributed by atoms with Crippen molar-refractivity contribution in [2.75, 3.05) is 25.0 Å². The number of piperidine rings is 1. The number of hydrogen-bond acceptors (Lipinski definition) is 8. The van der Waals surface area contributed by atoms with Crippen molar-refractivity contribution in [3.63, 3.8) is 0 Å². The van der Waals surface area contributed by atoms with Crippen molar-refractivity contribution in [1.29, 1.82) is 0 Å². The average Bonchev–Trinajstić information content (AvgIpc) is 3.51. The SMILES string of the molecule is Cc1c(C(O)CN2CCC(C(=O)Nc3cccc(-n4cnnn4)c3)CC2)ccc2c1COC2=O. The Morgan fingerprint density at radius 3 is 2.85 bits per heavy atom. The van der Waals surface area contributed by atoms with Crippen LogP contribution in [0.4, 0.5) is 5.69 Å². The van der Waals surface area contributed by atoms with Gasteiger partial charge in [-0.15, -0.1) is 5.10 Å². The summed E-state index contributed by atoms with van der Waals surface area (Å²) in [5.74, 6) is -0.398. The summed E-state index contributed by atoms with van der Waals surface area (Å²) in [5.41, 5.74) is 4.65. The van der Waals surface area contributed by atoms with Crippen LogP contribution in [0.1, 0.15) is 46.0 Å². The minimum atomic E-state index is -0.666. The lowest BCUT2D eigenvalue weighted by Gasteiger charge is -2.33. The third-order valence-electron chi connectivity index (χ3n) is 6.68. The predicted octanol–water partition coefficient (Wildman–Crippen LogP) is 2.03. The van der Waals surface area contributed by atoms with E-state index in [2.05, 4.69) is 25.7 Å². The maximum absolute atomic E-state index is 12.8. The molecule has 34 heavy (non-hydrogen) atoms. The first kappa shape index (κ1) is 22.2. The molecule has 1 unspecified atom stereocenters. The van der Waals surface area contributed by atoms with Gasteiger partial charge in [0.1, 0.15) is 12.9 Å². The smallest absolute Gasteiger partial charge is 0.338 e. The summed E-state index contributed by atoms with van der Waals surface area (Å²) in [7, 11) is 0. The Hall–Kier alpha value is -3.63. The molecule has 0 radical (unpaired) electrons. The molecule has 1 atom stereocenters. The first-order valence-corrected chi connectivity index (χ1v) is 11.3. The van der Waals surface area contributed by atoms with Crippen LogP contribution >= 0.6 is 0 Å². The zero-order chi connectivity index (χ0) is 23.7. The van der Waals surface area contributed by atoms with E-state index in [9.17, 15) is 14.7 Å². The summed E-state index contributed by atoms with van der Waals surface area (Å²) in [6, 6.07) is 10.9. The molecule has 1 saturated heterocycles. The highest BCUT2D eigenvalue weighted by Gasteiger charge is 2.29. The maximum atomic E-state index is 12.8. The van der Waals surface area contributed by atoms with Gasteiger partial charge < -0.3 is 20.1 Å². The van der Waals surface area contributed by atoms with Gasteiger partial charge >= 0.3 is 5.97 Å². The van der Waals surface area contributed by atoms with Crippen molar-refractivity contribution in [3.05, 3.63) is 65.0 Å². The van der Waals surface area contributed by atoms with Crippen LogP contribution in [0.2, 0.25) is 0 Å². The van der Waals surface area contributed by atoms with Crippen LogP contribution < -0.4 is 5.32 Å². The van der Waals surface area contributed by atoms with Gasteiger partial charge in [-0.2, -0.15) is 0 Å². The van der Waals surface area contributed by atoms with E-state index in [1.165, 1.54) is 11.0 Å². The number of cyclic esters (lactones) is 1. The number of nitrogens with one attached hydrogen (secondary N) is 1. The first-order chi connectivity index (χ1) is 16.5. The van der Waals surface area contributed by atoms with Gasteiger partial charge in [-0.05, 0) is 78.7 Å². The van der Waals surface area contributed by atoms with Gasteiger partial charge in [-0.3, -0.25) is 4.79 Å². The van der Waals surface area contributed by atoms with E-state index < -0.39 is 6.10 Å². The fourth-order valence-corrected chi connectivity index (χ4v) is 4.70. The number of rotatable bonds is 6. The molecule has 10 heteroatoms. The highest BCUT2D eigenvalue weighted by molar-refractivity contribution is 5.94. The first-order valence-electron chi connectivity index (χ1n) is 11.3. The topological polar surface area (TPSA) is 122 Å². The number of hydrogen-bond donors (Lipinski definition) is 2. The van der Waals surface area contributed by atoms with E-state index in [0.717, 1.165) is 48.3 Å². The molecule has 1 aromatic heterocycles. The van der Waals surface area contributed by atoms with Gasteiger partial charge in [0.05, 0.1) is 17.4 Å². The van der Waals surface area contributed by atoms with E-state index in [4.69, 9.17) is 4.74 Å². The molecule has 2 aromatic carbocycles. The van der Waals surface area contributed by atoms with Gasteiger partial charge in [-0.25, -0.2) is 9.48 Å². The molecule has 2 aliphatic rings. The molecule has 1 amide bonds. The number of aromatic nitrogens is 4. The molecule has 2 N–H and O–H groups in total. The number of aliphatic hydroxyl groups is 1. The minimum Gasteiger partial charge on any atom is -0.457 e. The fraction of sp³-hybridized carbons (Fsp3) is 0.375. The van der Waals surface area contributed by atoms with Crippen LogP contribution in [-0.2, 0) is 16.1 Å². The van der Waals surface area contributed by atoms with E-state index in [-0.39, 0.29) is 24.4 Å². The maximum Gasteiger partial charge on any atom is 0.338 e. The Labute approximate surface area is 196 Å². The van der Waals surface area contributed by atoms with Gasteiger partial charge in [0.15, 0.2) is 0 Å². The van der Waals surface area contributed by atoms with E-state index >= 15 is 0 Å². The van der Waals surface area contributed by atoms with Gasteiger partial charge in [0.2, 0.25) is 5.91 Å². The summed E-state index contributed by atoms with van der Waals surface area (Å²) >= 11 is 0. The van der Waals surface area contributed by atoms with Crippen molar-refractivity contribution in [2.45, 2.75) is 32.5 Å². The number of β-amino-alcohol motifs (C(OH)–C–C–N with tert-alkyl or cyclic N) is 1. The number of amides is 1. The molecular formula is C24H26N6O4. The second kappa shape index (κ2) is 9.32. The summed E-state index contributed by atoms with van der Waals surface area (Å²) in [5, 5.41) is 25.0. The predicted molar refractivity (Wildman–Crippen MR) is 122 cm³/mol. The number of carbonyl (C=O) groups excluding carboxylic acids is 2. The van der Waals surface area contributed by atoms with Crippen LogP contribution in [0.3, 0.4) is 0 Å². The molecule has 2 aliphatic heterocycles. The van der Waals surface area contributed by atoms with E-state index in [0.29, 0.717) is 17.8 Å². The Bertz CT molecular complexity index is 1200. The second-order valence-electron chi connectivity index (χ2n) is 8.77. The number of ether oxygens (including phenoxy) is 1. The van der Waals surface area contributed by atoms with Crippen molar-refractivity contribution >= 4 is 17.6 Å². The summed E-state index contributed by atoms with van der Waals surface area (Å²) < 4.78 is 6.65. The number of anilines is 1. The number of fused-ring (bicyclic) bond motifs is 1. The lowest BCUT2D eigenvalue weighted by atomic mass is 9.93. The number of tetrazole rings is 1. The molecule has 0 aliphatic carbocycles. The monoisotopic (exact) mass is 462 g/mol. The largest absolute Gasteiger partial charge is 0.457 e. The fourth-order valence-electron chi connectivity index (χ4n) is 4.70. The van der Waals surface area contributed by atoms with Gasteiger partial charge in [0, 0.05) is 23.7 Å². The quantitative estimate of drug-likeness (QED) is 0.534. The zero-order valence-electron chi connectivity index (χ0n) is 18.8. The Kier molecular flexibility index (Phi) is 6.08. The van der Waals surface area contributed by atoms with Crippen molar-refractivity contribution < 1.29 is 19.4 Å². The average molecular weight is 463 g/mol. The van der Waals surface area contributed by atoms with Crippen molar-refractivity contribution in [2.24, 2.45) is 5.92 Å². The normalized spacial score (nSPS) is 17.3. The lowest BCUT2D eigenvalue weighted by Crippen LogP contribution is -2.40. The van der Waals surface area contributed by atoms with Crippen LogP contribution in [0.5, 0.6) is 0 Å². The Balaban J connectivity index is 1.15. The Morgan fingerprint density at radius 1 is 1.26 bits per heavy atom. The van der Waals surface area contributed by atoms with E-state index in [1.807, 2.05) is 37.3 Å². The van der Waals surface area contributed by atoms with Crippen molar-refractivity contribution in [3.8, 4) is 5.69 Å². The Morgan fingerprint density at radius 2 is 2.09 bits per heavy atom. The summed E-state index contributed by atoms with van der Waals surface area (Å²) in [6.45, 7) is 4.12. The molecule has 0 saturated carbocycles. The number of carbonyl (C=O) groups is 2. The van der Waals surface area contributed by atoms with Gasteiger partial charge in [-0.1, -0.05) is 12.1 Å². The molecule has 3 heterocycles. The van der Waals surface area contributed by atoms with Crippen LogP contribution in [0, 0.1) is 12.8 Å². The van der Waals surface area contributed by atoms with E-state index in [1.54, 1.807) is 6.07 Å². The van der Waals surface area contributed by atoms with Gasteiger partial charge in [0.25, 0.3) is 0 Å².